The second-order valence-corrected chi connectivity index (χ2v) is 6.37. The molecule has 6 nitrogen and oxygen atoms in total. The molecule has 2 aliphatic rings. The SMILES string of the molecule is CC(=O)c1ccc2c(c1)N(CCC(=O)NC1CCCC1)C(=O)CO2. The number of ketones is 1. The van der Waals surface area contributed by atoms with E-state index in [0.29, 0.717) is 17.0 Å². The maximum absolute atomic E-state index is 12.2. The number of anilines is 1. The van der Waals surface area contributed by atoms with Crippen LogP contribution < -0.4 is 15.0 Å². The Morgan fingerprint density at radius 2 is 2.04 bits per heavy atom. The zero-order valence-corrected chi connectivity index (χ0v) is 13.8. The van der Waals surface area contributed by atoms with Crippen LogP contribution in [0, 0.1) is 0 Å². The summed E-state index contributed by atoms with van der Waals surface area (Å²) in [5.74, 6) is 0.257. The van der Waals surface area contributed by atoms with Crippen molar-refractivity contribution in [3.05, 3.63) is 23.8 Å². The lowest BCUT2D eigenvalue weighted by Gasteiger charge is -2.29. The van der Waals surface area contributed by atoms with E-state index in [2.05, 4.69) is 5.32 Å². The highest BCUT2D eigenvalue weighted by Crippen LogP contribution is 2.33. The normalized spacial score (nSPS) is 17.4. The number of nitrogens with one attached hydrogen (secondary N) is 1. The Bertz CT molecular complexity index is 665. The fraction of sp³-hybridized carbons (Fsp3) is 0.500. The quantitative estimate of drug-likeness (QED) is 0.839. The third-order valence-corrected chi connectivity index (χ3v) is 4.59. The highest BCUT2D eigenvalue weighted by Gasteiger charge is 2.27. The first-order chi connectivity index (χ1) is 11.5. The lowest BCUT2D eigenvalue weighted by molar-refractivity contribution is -0.122. The molecule has 0 aromatic heterocycles. The minimum atomic E-state index is -0.197. The van der Waals surface area contributed by atoms with Gasteiger partial charge in [0.25, 0.3) is 5.91 Å². The van der Waals surface area contributed by atoms with Gasteiger partial charge in [0.15, 0.2) is 12.4 Å². The number of hydrogen-bond acceptors (Lipinski definition) is 4. The Kier molecular flexibility index (Phi) is 4.83. The van der Waals surface area contributed by atoms with Gasteiger partial charge in [-0.25, -0.2) is 0 Å². The number of carbonyl (C=O) groups is 3. The number of Topliss-reactive ketones (excluding diaryl/α,β-unsaturated/α-hetero) is 1. The van der Waals surface area contributed by atoms with Gasteiger partial charge in [0, 0.05) is 24.6 Å². The molecule has 0 atom stereocenters. The molecule has 1 fully saturated rings. The summed E-state index contributed by atoms with van der Waals surface area (Å²) in [4.78, 5) is 37.4. The Balaban J connectivity index is 1.68. The molecule has 1 N–H and O–H groups in total. The number of rotatable bonds is 5. The lowest BCUT2D eigenvalue weighted by Crippen LogP contribution is -2.42. The minimum Gasteiger partial charge on any atom is -0.482 e. The van der Waals surface area contributed by atoms with Crippen LogP contribution in [0.2, 0.25) is 0 Å². The van der Waals surface area contributed by atoms with Crippen molar-refractivity contribution in [2.24, 2.45) is 0 Å². The molecule has 1 aromatic carbocycles. The molecule has 1 aromatic rings. The van der Waals surface area contributed by atoms with Gasteiger partial charge in [-0.2, -0.15) is 0 Å². The molecule has 0 saturated heterocycles. The van der Waals surface area contributed by atoms with E-state index in [1.807, 2.05) is 0 Å². The van der Waals surface area contributed by atoms with Crippen molar-refractivity contribution in [3.63, 3.8) is 0 Å². The van der Waals surface area contributed by atoms with Crippen LogP contribution in [-0.2, 0) is 9.59 Å². The number of ether oxygens (including phenoxy) is 1. The molecule has 24 heavy (non-hydrogen) atoms. The lowest BCUT2D eigenvalue weighted by atomic mass is 10.1. The molecule has 0 spiro atoms. The first kappa shape index (κ1) is 16.5. The standard InChI is InChI=1S/C18H22N2O4/c1-12(21)13-6-7-16-15(10-13)20(18(23)11-24-16)9-8-17(22)19-14-4-2-3-5-14/h6-7,10,14H,2-5,8-9,11H2,1H3,(H,19,22). The molecule has 0 radical (unpaired) electrons. The maximum Gasteiger partial charge on any atom is 0.265 e. The van der Waals surface area contributed by atoms with Gasteiger partial charge >= 0.3 is 0 Å². The highest BCUT2D eigenvalue weighted by atomic mass is 16.5. The van der Waals surface area contributed by atoms with Crippen molar-refractivity contribution in [2.45, 2.75) is 45.1 Å². The Morgan fingerprint density at radius 1 is 1.29 bits per heavy atom. The number of amides is 2. The van der Waals surface area contributed by atoms with Crippen molar-refractivity contribution < 1.29 is 19.1 Å². The van der Waals surface area contributed by atoms with E-state index in [9.17, 15) is 14.4 Å². The fourth-order valence-corrected chi connectivity index (χ4v) is 3.25. The van der Waals surface area contributed by atoms with Gasteiger partial charge in [0.05, 0.1) is 5.69 Å². The first-order valence-corrected chi connectivity index (χ1v) is 8.42. The van der Waals surface area contributed by atoms with Crippen molar-refractivity contribution in [3.8, 4) is 5.75 Å². The fourth-order valence-electron chi connectivity index (χ4n) is 3.25. The van der Waals surface area contributed by atoms with Crippen molar-refractivity contribution in [1.29, 1.82) is 0 Å². The topological polar surface area (TPSA) is 75.7 Å². The molecule has 6 heteroatoms. The Morgan fingerprint density at radius 3 is 2.75 bits per heavy atom. The number of carbonyl (C=O) groups excluding carboxylic acids is 3. The van der Waals surface area contributed by atoms with E-state index >= 15 is 0 Å². The van der Waals surface area contributed by atoms with Crippen molar-refractivity contribution in [1.82, 2.24) is 5.32 Å². The largest absolute Gasteiger partial charge is 0.482 e. The number of hydrogen-bond donors (Lipinski definition) is 1. The van der Waals surface area contributed by atoms with Gasteiger partial charge in [0.1, 0.15) is 5.75 Å². The molecule has 0 unspecified atom stereocenters. The molecule has 1 saturated carbocycles. The van der Waals surface area contributed by atoms with Gasteiger partial charge in [-0.1, -0.05) is 12.8 Å². The van der Waals surface area contributed by atoms with Crippen LogP contribution in [0.5, 0.6) is 5.75 Å². The second-order valence-electron chi connectivity index (χ2n) is 6.37. The molecule has 1 aliphatic carbocycles. The minimum absolute atomic E-state index is 0.0366. The van der Waals surface area contributed by atoms with Gasteiger partial charge in [-0.15, -0.1) is 0 Å². The summed E-state index contributed by atoms with van der Waals surface area (Å²) in [5, 5.41) is 3.02. The predicted octanol–water partition coefficient (Wildman–Crippen LogP) is 2.06. The van der Waals surface area contributed by atoms with Crippen LogP contribution in [0.4, 0.5) is 5.69 Å². The van der Waals surface area contributed by atoms with Gasteiger partial charge in [-0.3, -0.25) is 14.4 Å². The third kappa shape index (κ3) is 3.58. The molecule has 1 aliphatic heterocycles. The summed E-state index contributed by atoms with van der Waals surface area (Å²) < 4.78 is 5.41. The zero-order chi connectivity index (χ0) is 17.1. The van der Waals surface area contributed by atoms with Crippen LogP contribution in [0.3, 0.4) is 0 Å². The molecule has 2 amide bonds. The average Bonchev–Trinajstić information content (AvgIpc) is 3.06. The van der Waals surface area contributed by atoms with Crippen LogP contribution in [0.15, 0.2) is 18.2 Å². The summed E-state index contributed by atoms with van der Waals surface area (Å²) in [7, 11) is 0. The summed E-state index contributed by atoms with van der Waals surface area (Å²) in [5.41, 5.74) is 1.08. The molecular weight excluding hydrogens is 308 g/mol. The molecule has 3 rings (SSSR count). The van der Waals surface area contributed by atoms with E-state index in [1.54, 1.807) is 23.1 Å². The monoisotopic (exact) mass is 330 g/mol. The van der Waals surface area contributed by atoms with Crippen LogP contribution in [0.1, 0.15) is 49.4 Å². The molecule has 128 valence electrons. The Hall–Kier alpha value is -2.37. The van der Waals surface area contributed by atoms with E-state index in [0.717, 1.165) is 25.7 Å². The van der Waals surface area contributed by atoms with E-state index < -0.39 is 0 Å². The van der Waals surface area contributed by atoms with Crippen LogP contribution in [0.25, 0.3) is 0 Å². The second kappa shape index (κ2) is 7.03. The van der Waals surface area contributed by atoms with E-state index in [-0.39, 0.29) is 43.2 Å². The van der Waals surface area contributed by atoms with Crippen LogP contribution >= 0.6 is 0 Å². The maximum atomic E-state index is 12.2. The van der Waals surface area contributed by atoms with Crippen molar-refractivity contribution >= 4 is 23.3 Å². The van der Waals surface area contributed by atoms with Crippen molar-refractivity contribution in [2.75, 3.05) is 18.1 Å². The number of fused-ring (bicyclic) bond motifs is 1. The number of nitrogens with zero attached hydrogens (tertiary/aromatic N) is 1. The highest BCUT2D eigenvalue weighted by molar-refractivity contribution is 6.01. The van der Waals surface area contributed by atoms with Gasteiger partial charge in [-0.05, 0) is 38.0 Å². The number of benzene rings is 1. The predicted molar refractivity (Wildman–Crippen MR) is 89.3 cm³/mol. The molecule has 0 bridgehead atoms. The molecular formula is C18H22N2O4. The van der Waals surface area contributed by atoms with E-state index in [1.165, 1.54) is 6.92 Å². The van der Waals surface area contributed by atoms with Gasteiger partial charge < -0.3 is 15.0 Å². The van der Waals surface area contributed by atoms with Gasteiger partial charge in [0.2, 0.25) is 5.91 Å². The summed E-state index contributed by atoms with van der Waals surface area (Å²) in [6.45, 7) is 1.72. The first-order valence-electron chi connectivity index (χ1n) is 8.42. The summed E-state index contributed by atoms with van der Waals surface area (Å²) in [6.07, 6.45) is 4.63. The van der Waals surface area contributed by atoms with Crippen LogP contribution in [-0.4, -0.2) is 36.8 Å². The Labute approximate surface area is 141 Å². The zero-order valence-electron chi connectivity index (χ0n) is 13.8. The molecule has 1 heterocycles. The third-order valence-electron chi connectivity index (χ3n) is 4.59. The average molecular weight is 330 g/mol. The summed E-state index contributed by atoms with van der Waals surface area (Å²) >= 11 is 0. The smallest absolute Gasteiger partial charge is 0.265 e. The summed E-state index contributed by atoms with van der Waals surface area (Å²) in [6, 6.07) is 5.31. The van der Waals surface area contributed by atoms with E-state index in [4.69, 9.17) is 4.74 Å².